The fraction of sp³-hybridized carbons (Fsp3) is 0.538. The Balaban J connectivity index is 2.24. The van der Waals surface area contributed by atoms with Crippen molar-refractivity contribution in [2.75, 3.05) is 0 Å². The minimum atomic E-state index is -0.443. The number of phenols is 1. The van der Waals surface area contributed by atoms with E-state index in [1.54, 1.807) is 6.07 Å². The van der Waals surface area contributed by atoms with Gasteiger partial charge in [0.25, 0.3) is 0 Å². The molecule has 0 radical (unpaired) electrons. The van der Waals surface area contributed by atoms with Gasteiger partial charge in [-0.3, -0.25) is 0 Å². The average Bonchev–Trinajstić information content (AvgIpc) is 2.28. The van der Waals surface area contributed by atoms with Crippen LogP contribution < -0.4 is 0 Å². The van der Waals surface area contributed by atoms with Gasteiger partial charge < -0.3 is 5.11 Å². The number of aromatic hydroxyl groups is 1. The van der Waals surface area contributed by atoms with Gasteiger partial charge in [-0.15, -0.1) is 0 Å². The fourth-order valence-electron chi connectivity index (χ4n) is 2.44. The summed E-state index contributed by atoms with van der Waals surface area (Å²) >= 11 is 5.71. The first-order valence-corrected chi connectivity index (χ1v) is 6.14. The summed E-state index contributed by atoms with van der Waals surface area (Å²) in [6.07, 6.45) is 4.31. The van der Waals surface area contributed by atoms with Crippen molar-refractivity contribution in [3.05, 3.63) is 28.5 Å². The van der Waals surface area contributed by atoms with Gasteiger partial charge in [0, 0.05) is 0 Å². The molecule has 1 saturated carbocycles. The summed E-state index contributed by atoms with van der Waals surface area (Å²) in [4.78, 5) is 0. The van der Waals surface area contributed by atoms with E-state index in [-0.39, 0.29) is 16.7 Å². The van der Waals surface area contributed by atoms with Gasteiger partial charge in [0.2, 0.25) is 0 Å². The van der Waals surface area contributed by atoms with Crippen molar-refractivity contribution in [2.24, 2.45) is 5.92 Å². The van der Waals surface area contributed by atoms with Crippen LogP contribution in [-0.4, -0.2) is 5.11 Å². The molecule has 0 aromatic heterocycles. The quantitative estimate of drug-likeness (QED) is 0.770. The minimum Gasteiger partial charge on any atom is -0.506 e. The third-order valence-corrected chi connectivity index (χ3v) is 3.91. The molecule has 88 valence electrons. The Morgan fingerprint density at radius 2 is 1.88 bits per heavy atom. The zero-order valence-electron chi connectivity index (χ0n) is 9.34. The molecule has 0 atom stereocenters. The zero-order chi connectivity index (χ0) is 11.7. The van der Waals surface area contributed by atoms with Crippen LogP contribution in [0.3, 0.4) is 0 Å². The van der Waals surface area contributed by atoms with Crippen LogP contribution in [0.15, 0.2) is 12.1 Å². The van der Waals surface area contributed by atoms with Crippen LogP contribution in [0.25, 0.3) is 0 Å². The lowest BCUT2D eigenvalue weighted by atomic mass is 9.79. The molecular formula is C13H16ClFO. The lowest BCUT2D eigenvalue weighted by Crippen LogP contribution is -2.12. The minimum absolute atomic E-state index is 0.142. The van der Waals surface area contributed by atoms with Crippen LogP contribution in [0.5, 0.6) is 5.75 Å². The molecule has 1 N–H and O–H groups in total. The van der Waals surface area contributed by atoms with E-state index in [9.17, 15) is 9.50 Å². The average molecular weight is 243 g/mol. The molecule has 0 heterocycles. The summed E-state index contributed by atoms with van der Waals surface area (Å²) in [5, 5.41) is 9.15. The molecule has 0 amide bonds. The molecule has 0 aliphatic heterocycles. The molecule has 1 aliphatic rings. The second-order valence-corrected chi connectivity index (χ2v) is 5.14. The van der Waals surface area contributed by atoms with Crippen molar-refractivity contribution in [3.63, 3.8) is 0 Å². The molecule has 1 aromatic carbocycles. The Hall–Kier alpha value is -0.760. The van der Waals surface area contributed by atoms with Gasteiger partial charge in [-0.05, 0) is 36.3 Å². The third-order valence-electron chi connectivity index (χ3n) is 3.55. The third kappa shape index (κ3) is 2.17. The van der Waals surface area contributed by atoms with Crippen molar-refractivity contribution in [1.82, 2.24) is 0 Å². The highest BCUT2D eigenvalue weighted by Crippen LogP contribution is 2.39. The predicted molar refractivity (Wildman–Crippen MR) is 63.4 cm³/mol. The van der Waals surface area contributed by atoms with E-state index in [0.717, 1.165) is 31.6 Å². The molecule has 2 rings (SSSR count). The van der Waals surface area contributed by atoms with Crippen LogP contribution in [-0.2, 0) is 0 Å². The molecule has 1 fully saturated rings. The molecule has 0 bridgehead atoms. The van der Waals surface area contributed by atoms with E-state index in [1.807, 2.05) is 0 Å². The number of rotatable bonds is 1. The van der Waals surface area contributed by atoms with Crippen LogP contribution in [0.2, 0.25) is 5.02 Å². The van der Waals surface area contributed by atoms with E-state index in [0.29, 0.717) is 5.56 Å². The highest BCUT2D eigenvalue weighted by molar-refractivity contribution is 6.32. The highest BCUT2D eigenvalue weighted by atomic mass is 35.5. The maximum absolute atomic E-state index is 13.9. The van der Waals surface area contributed by atoms with Crippen molar-refractivity contribution < 1.29 is 9.50 Å². The number of halogens is 2. The standard InChI is InChI=1S/C13H16ClFO/c1-8-2-4-9(5-3-8)10-6-7-11(16)12(14)13(10)15/h6-9,16H,2-5H2,1H3. The molecule has 1 aliphatic carbocycles. The van der Waals surface area contributed by atoms with Crippen molar-refractivity contribution in [3.8, 4) is 5.75 Å². The molecule has 16 heavy (non-hydrogen) atoms. The van der Waals surface area contributed by atoms with Gasteiger partial charge >= 0.3 is 0 Å². The predicted octanol–water partition coefficient (Wildman–Crippen LogP) is 4.48. The van der Waals surface area contributed by atoms with Gasteiger partial charge in [-0.2, -0.15) is 0 Å². The lowest BCUT2D eigenvalue weighted by Gasteiger charge is -2.26. The van der Waals surface area contributed by atoms with Crippen LogP contribution >= 0.6 is 11.6 Å². The molecule has 3 heteroatoms. The van der Waals surface area contributed by atoms with Crippen molar-refractivity contribution in [2.45, 2.75) is 38.5 Å². The first kappa shape index (κ1) is 11.7. The maximum atomic E-state index is 13.9. The van der Waals surface area contributed by atoms with Gasteiger partial charge in [-0.25, -0.2) is 4.39 Å². The summed E-state index contributed by atoms with van der Waals surface area (Å²) in [7, 11) is 0. The monoisotopic (exact) mass is 242 g/mol. The molecule has 1 aromatic rings. The van der Waals surface area contributed by atoms with Gasteiger partial charge in [0.15, 0.2) is 0 Å². The second kappa shape index (κ2) is 4.62. The molecule has 0 unspecified atom stereocenters. The summed E-state index contributed by atoms with van der Waals surface area (Å²) in [5.41, 5.74) is 0.662. The van der Waals surface area contributed by atoms with E-state index >= 15 is 0 Å². The first-order chi connectivity index (χ1) is 7.59. The van der Waals surface area contributed by atoms with Gasteiger partial charge in [-0.1, -0.05) is 37.4 Å². The SMILES string of the molecule is CC1CCC(c2ccc(O)c(Cl)c2F)CC1. The van der Waals surface area contributed by atoms with Crippen LogP contribution in [0.1, 0.15) is 44.1 Å². The summed E-state index contributed by atoms with van der Waals surface area (Å²) in [6, 6.07) is 3.15. The topological polar surface area (TPSA) is 20.2 Å². The Morgan fingerprint density at radius 3 is 2.50 bits per heavy atom. The number of phenolic OH excluding ortho intramolecular Hbond substituents is 1. The van der Waals surface area contributed by atoms with Gasteiger partial charge in [0.1, 0.15) is 16.6 Å². The van der Waals surface area contributed by atoms with E-state index in [4.69, 9.17) is 11.6 Å². The van der Waals surface area contributed by atoms with Crippen molar-refractivity contribution in [1.29, 1.82) is 0 Å². The molecule has 1 nitrogen and oxygen atoms in total. The molecule has 0 saturated heterocycles. The second-order valence-electron chi connectivity index (χ2n) is 4.76. The van der Waals surface area contributed by atoms with E-state index in [1.165, 1.54) is 6.07 Å². The van der Waals surface area contributed by atoms with Crippen molar-refractivity contribution >= 4 is 11.6 Å². The Morgan fingerprint density at radius 1 is 1.25 bits per heavy atom. The Labute approximate surface area is 100 Å². The van der Waals surface area contributed by atoms with E-state index < -0.39 is 5.82 Å². The van der Waals surface area contributed by atoms with E-state index in [2.05, 4.69) is 6.92 Å². The van der Waals surface area contributed by atoms with Gasteiger partial charge in [0.05, 0.1) is 0 Å². The Kier molecular flexibility index (Phi) is 3.38. The largest absolute Gasteiger partial charge is 0.506 e. The number of benzene rings is 1. The maximum Gasteiger partial charge on any atom is 0.149 e. The normalized spacial score (nSPS) is 25.7. The Bertz CT molecular complexity index is 384. The number of hydrogen-bond donors (Lipinski definition) is 1. The number of hydrogen-bond acceptors (Lipinski definition) is 1. The zero-order valence-corrected chi connectivity index (χ0v) is 10.1. The smallest absolute Gasteiger partial charge is 0.149 e. The summed E-state index contributed by atoms with van der Waals surface area (Å²) in [6.45, 7) is 2.23. The van der Waals surface area contributed by atoms with Crippen LogP contribution in [0.4, 0.5) is 4.39 Å². The first-order valence-electron chi connectivity index (χ1n) is 5.76. The highest BCUT2D eigenvalue weighted by Gasteiger charge is 2.23. The molecular weight excluding hydrogens is 227 g/mol. The fourth-order valence-corrected chi connectivity index (χ4v) is 2.61. The van der Waals surface area contributed by atoms with Crippen LogP contribution in [0, 0.1) is 11.7 Å². The summed E-state index contributed by atoms with van der Waals surface area (Å²) in [5.74, 6) is 0.384. The lowest BCUT2D eigenvalue weighted by molar-refractivity contribution is 0.341. The molecule has 0 spiro atoms. The summed E-state index contributed by atoms with van der Waals surface area (Å²) < 4.78 is 13.9.